The molecule has 17 heteroatoms. The summed E-state index contributed by atoms with van der Waals surface area (Å²) < 4.78 is 10.8. The average molecular weight is 998 g/mol. The largest absolute Gasteiger partial charge is 0.444 e. The van der Waals surface area contributed by atoms with Gasteiger partial charge in [-0.05, 0) is 129 Å². The summed E-state index contributed by atoms with van der Waals surface area (Å²) in [5.41, 5.74) is 3.11. The van der Waals surface area contributed by atoms with E-state index in [1.807, 2.05) is 58.6 Å². The van der Waals surface area contributed by atoms with Crippen LogP contribution in [0.2, 0.25) is 10.0 Å². The number of anilines is 2. The molecule has 0 aromatic heterocycles. The van der Waals surface area contributed by atoms with Gasteiger partial charge >= 0.3 is 12.2 Å². The zero-order chi connectivity index (χ0) is 49.7. The van der Waals surface area contributed by atoms with Gasteiger partial charge in [0, 0.05) is 150 Å². The lowest BCUT2D eigenvalue weighted by molar-refractivity contribution is -0.135. The lowest BCUT2D eigenvalue weighted by Crippen LogP contribution is -2.49. The van der Waals surface area contributed by atoms with Crippen LogP contribution >= 0.6 is 23.2 Å². The fourth-order valence-electron chi connectivity index (χ4n) is 9.81. The molecular weight excluding hydrogens is 920 g/mol. The van der Waals surface area contributed by atoms with Crippen LogP contribution in [0.1, 0.15) is 109 Å². The van der Waals surface area contributed by atoms with Gasteiger partial charge in [-0.15, -0.1) is 0 Å². The molecule has 0 atom stereocenters. The molecule has 6 fully saturated rings. The number of nitrogens with one attached hydrogen (secondary N) is 1. The summed E-state index contributed by atoms with van der Waals surface area (Å²) >= 11 is 12.4. The first-order valence-electron chi connectivity index (χ1n) is 25.4. The van der Waals surface area contributed by atoms with E-state index in [4.69, 9.17) is 32.7 Å². The Morgan fingerprint density at radius 2 is 0.986 bits per heavy atom. The minimum Gasteiger partial charge on any atom is -0.444 e. The molecule has 4 amide bonds. The quantitative estimate of drug-likeness (QED) is 0.270. The minimum atomic E-state index is -0.473. The third-order valence-corrected chi connectivity index (χ3v) is 14.0. The number of rotatable bonds is 7. The maximum Gasteiger partial charge on any atom is 0.410 e. The third kappa shape index (κ3) is 16.4. The molecular formula is C52H78Cl2N8O7. The SMILES string of the molecule is CC(C)(C)OC(=O)N1CCN(Cc2ccc(Cl)cc2N2CCC(C(=O)N3CCCC3)CC2)CC1.CC(C)(C)OC(=O)N1CCNCC1.O=Cc1ccc(Cl)cc1N1CCC(C(=O)N2CCCC2)CC1. The number of likely N-dealkylation sites (tertiary alicyclic amines) is 2. The Morgan fingerprint density at radius 3 is 1.43 bits per heavy atom. The van der Waals surface area contributed by atoms with Gasteiger partial charge in [0.15, 0.2) is 6.29 Å². The summed E-state index contributed by atoms with van der Waals surface area (Å²) in [4.78, 5) is 74.9. The Bertz CT molecular complexity index is 2020. The van der Waals surface area contributed by atoms with Crippen LogP contribution in [0, 0.1) is 11.8 Å². The van der Waals surface area contributed by atoms with Crippen molar-refractivity contribution in [2.24, 2.45) is 11.8 Å². The summed E-state index contributed by atoms with van der Waals surface area (Å²) in [5.74, 6) is 0.955. The standard InChI is InChI=1S/C26H39ClN4O3.C17H21ClN2O2.C9H18N2O2/c1-26(2,3)34-25(33)31-16-14-28(15-17-31)19-21-6-7-22(27)18-23(21)29-12-8-20(9-13-29)24(32)30-10-4-5-11-30;18-15-4-3-14(12-21)16(11-15)19-9-5-13(6-10-19)17(22)20-7-1-2-8-20;1-9(2,3)13-8(12)11-6-4-10-5-7-11/h6-7,18,20H,4-5,8-17,19H2,1-3H3;3-4,11-13H,1-2,5-10H2;10H,4-7H2,1-3H3. The minimum absolute atomic E-state index is 0.133. The summed E-state index contributed by atoms with van der Waals surface area (Å²) in [7, 11) is 0. The molecule has 0 aliphatic carbocycles. The highest BCUT2D eigenvalue weighted by Crippen LogP contribution is 2.33. The van der Waals surface area contributed by atoms with Gasteiger partial charge in [0.25, 0.3) is 0 Å². The average Bonchev–Trinajstić information content (AvgIpc) is 4.09. The van der Waals surface area contributed by atoms with Crippen molar-refractivity contribution in [3.05, 3.63) is 57.6 Å². The van der Waals surface area contributed by atoms with E-state index in [2.05, 4.69) is 37.0 Å². The van der Waals surface area contributed by atoms with E-state index in [1.165, 1.54) is 11.3 Å². The van der Waals surface area contributed by atoms with Gasteiger partial charge < -0.3 is 44.2 Å². The summed E-state index contributed by atoms with van der Waals surface area (Å²) in [5, 5.41) is 4.56. The van der Waals surface area contributed by atoms with Crippen molar-refractivity contribution < 1.29 is 33.4 Å². The van der Waals surface area contributed by atoms with Crippen molar-refractivity contribution in [1.82, 2.24) is 29.8 Å². The van der Waals surface area contributed by atoms with Gasteiger partial charge in [0.2, 0.25) is 11.8 Å². The van der Waals surface area contributed by atoms with Crippen LogP contribution < -0.4 is 15.1 Å². The molecule has 69 heavy (non-hydrogen) atoms. The molecule has 2 aromatic carbocycles. The molecule has 1 N–H and O–H groups in total. The second-order valence-corrected chi connectivity index (χ2v) is 22.0. The molecule has 6 saturated heterocycles. The smallest absolute Gasteiger partial charge is 0.410 e. The van der Waals surface area contributed by atoms with E-state index in [9.17, 15) is 24.0 Å². The van der Waals surface area contributed by atoms with E-state index >= 15 is 0 Å². The predicted octanol–water partition coefficient (Wildman–Crippen LogP) is 8.05. The molecule has 0 spiro atoms. The first-order valence-corrected chi connectivity index (χ1v) is 26.1. The fraction of sp³-hybridized carbons (Fsp3) is 0.673. The number of carbonyl (C=O) groups is 5. The maximum atomic E-state index is 12.8. The zero-order valence-corrected chi connectivity index (χ0v) is 43.6. The second-order valence-electron chi connectivity index (χ2n) is 21.1. The van der Waals surface area contributed by atoms with Gasteiger partial charge in [-0.1, -0.05) is 29.3 Å². The summed E-state index contributed by atoms with van der Waals surface area (Å²) in [6.07, 6.45) is 8.48. The van der Waals surface area contributed by atoms with Crippen molar-refractivity contribution in [2.45, 2.75) is 111 Å². The Kier molecular flexibility index (Phi) is 19.7. The number of aldehydes is 1. The normalized spacial score (nSPS) is 19.9. The van der Waals surface area contributed by atoms with Crippen molar-refractivity contribution in [3.8, 4) is 0 Å². The Labute approximate surface area is 421 Å². The summed E-state index contributed by atoms with van der Waals surface area (Å²) in [6.45, 7) is 25.4. The number of carbonyl (C=O) groups excluding carboxylic acids is 5. The van der Waals surface area contributed by atoms with Crippen LogP contribution in [0.5, 0.6) is 0 Å². The number of ether oxygens (including phenoxy) is 2. The van der Waals surface area contributed by atoms with Crippen LogP contribution in [0.4, 0.5) is 21.0 Å². The first-order chi connectivity index (χ1) is 32.9. The number of amides is 4. The molecule has 6 aliphatic heterocycles. The van der Waals surface area contributed by atoms with E-state index in [0.29, 0.717) is 35.5 Å². The highest BCUT2D eigenvalue weighted by atomic mass is 35.5. The second kappa shape index (κ2) is 25.2. The van der Waals surface area contributed by atoms with Crippen LogP contribution in [0.25, 0.3) is 0 Å². The number of halogens is 2. The highest BCUT2D eigenvalue weighted by molar-refractivity contribution is 6.31. The van der Waals surface area contributed by atoms with Crippen LogP contribution in [0.15, 0.2) is 36.4 Å². The van der Waals surface area contributed by atoms with Crippen LogP contribution in [-0.2, 0) is 25.6 Å². The monoisotopic (exact) mass is 997 g/mol. The Hall–Kier alpha value is -4.31. The highest BCUT2D eigenvalue weighted by Gasteiger charge is 2.33. The van der Waals surface area contributed by atoms with Crippen molar-refractivity contribution in [2.75, 3.05) is 115 Å². The van der Waals surface area contributed by atoms with Crippen LogP contribution in [0.3, 0.4) is 0 Å². The van der Waals surface area contributed by atoms with Gasteiger partial charge in [-0.2, -0.15) is 0 Å². The molecule has 6 aliphatic rings. The molecule has 0 radical (unpaired) electrons. The summed E-state index contributed by atoms with van der Waals surface area (Å²) in [6, 6.07) is 11.5. The van der Waals surface area contributed by atoms with Gasteiger partial charge in [0.05, 0.1) is 0 Å². The van der Waals surface area contributed by atoms with Crippen LogP contribution in [-0.4, -0.2) is 171 Å². The van der Waals surface area contributed by atoms with E-state index in [0.717, 1.165) is 167 Å². The van der Waals surface area contributed by atoms with Gasteiger partial charge in [0.1, 0.15) is 11.2 Å². The molecule has 2 aromatic rings. The lowest BCUT2D eigenvalue weighted by atomic mass is 9.94. The fourth-order valence-corrected chi connectivity index (χ4v) is 10.1. The van der Waals surface area contributed by atoms with Crippen molar-refractivity contribution in [3.63, 3.8) is 0 Å². The number of piperazine rings is 2. The first kappa shape index (κ1) is 54.0. The maximum absolute atomic E-state index is 12.8. The predicted molar refractivity (Wildman–Crippen MR) is 274 cm³/mol. The molecule has 382 valence electrons. The van der Waals surface area contributed by atoms with E-state index < -0.39 is 5.60 Å². The number of nitrogens with zero attached hydrogens (tertiary/aromatic N) is 7. The molecule has 6 heterocycles. The number of benzene rings is 2. The number of piperidine rings is 2. The van der Waals surface area contributed by atoms with Crippen molar-refractivity contribution >= 4 is 64.9 Å². The van der Waals surface area contributed by atoms with E-state index in [-0.39, 0.29) is 29.6 Å². The lowest BCUT2D eigenvalue weighted by Gasteiger charge is -2.38. The van der Waals surface area contributed by atoms with Crippen molar-refractivity contribution in [1.29, 1.82) is 0 Å². The number of hydrogen-bond donors (Lipinski definition) is 1. The molecule has 0 bridgehead atoms. The third-order valence-electron chi connectivity index (χ3n) is 13.6. The molecule has 15 nitrogen and oxygen atoms in total. The molecule has 0 unspecified atom stereocenters. The van der Waals surface area contributed by atoms with Gasteiger partial charge in [-0.3, -0.25) is 19.3 Å². The van der Waals surface area contributed by atoms with Gasteiger partial charge in [-0.25, -0.2) is 9.59 Å². The molecule has 0 saturated carbocycles. The Morgan fingerprint density at radius 1 is 0.565 bits per heavy atom. The Balaban J connectivity index is 0.000000190. The number of hydrogen-bond acceptors (Lipinski definition) is 11. The zero-order valence-electron chi connectivity index (χ0n) is 42.1. The molecule has 8 rings (SSSR count). The van der Waals surface area contributed by atoms with E-state index in [1.54, 1.807) is 21.9 Å². The topological polar surface area (TPSA) is 139 Å².